The summed E-state index contributed by atoms with van der Waals surface area (Å²) >= 11 is 0. The van der Waals surface area contributed by atoms with Crippen molar-refractivity contribution >= 4 is 5.97 Å². The lowest BCUT2D eigenvalue weighted by atomic mass is 10.1. The van der Waals surface area contributed by atoms with E-state index < -0.39 is 0 Å². The highest BCUT2D eigenvalue weighted by Crippen LogP contribution is 2.20. The van der Waals surface area contributed by atoms with Crippen LogP contribution in [0.25, 0.3) is 0 Å². The maximum atomic E-state index is 11.8. The van der Waals surface area contributed by atoms with Crippen molar-refractivity contribution in [3.05, 3.63) is 34.2 Å². The quantitative estimate of drug-likeness (QED) is 0.856. The first-order valence-corrected chi connectivity index (χ1v) is 7.86. The predicted molar refractivity (Wildman–Crippen MR) is 85.3 cm³/mol. The normalized spacial score (nSPS) is 14.8. The minimum absolute atomic E-state index is 0.377. The van der Waals surface area contributed by atoms with E-state index in [4.69, 9.17) is 4.74 Å². The van der Waals surface area contributed by atoms with Gasteiger partial charge in [-0.3, -0.25) is 10.00 Å². The van der Waals surface area contributed by atoms with Crippen LogP contribution < -0.4 is 0 Å². The number of aryl methyl sites for hydroxylation is 2. The molecule has 0 fully saturated rings. The molecule has 1 N–H and O–H groups in total. The Hall–Kier alpha value is -2.15. The number of aromatic amines is 1. The number of fused-ring (bicyclic) bond motifs is 1. The summed E-state index contributed by atoms with van der Waals surface area (Å²) < 4.78 is 6.66. The molecule has 0 atom stereocenters. The third kappa shape index (κ3) is 2.88. The van der Waals surface area contributed by atoms with E-state index in [1.54, 1.807) is 0 Å². The summed E-state index contributed by atoms with van der Waals surface area (Å²) in [6.07, 6.45) is 1.87. The number of esters is 1. The average Bonchev–Trinajstić information content (AvgIpc) is 3.05. The van der Waals surface area contributed by atoms with Crippen LogP contribution in [0.2, 0.25) is 0 Å². The Morgan fingerprint density at radius 1 is 1.39 bits per heavy atom. The summed E-state index contributed by atoms with van der Waals surface area (Å²) in [7, 11) is 3.27. The van der Waals surface area contributed by atoms with Crippen molar-refractivity contribution in [1.82, 2.24) is 24.6 Å². The molecule has 0 aliphatic carbocycles. The van der Waals surface area contributed by atoms with Crippen molar-refractivity contribution in [2.24, 2.45) is 7.05 Å². The number of rotatable bonds is 4. The summed E-state index contributed by atoms with van der Waals surface area (Å²) in [6.45, 7) is 6.81. The second-order valence-electron chi connectivity index (χ2n) is 6.07. The largest absolute Gasteiger partial charge is 0.463 e. The topological polar surface area (TPSA) is 76.0 Å². The van der Waals surface area contributed by atoms with E-state index in [-0.39, 0.29) is 5.97 Å². The number of ether oxygens (including phenoxy) is 1. The zero-order chi connectivity index (χ0) is 16.6. The lowest BCUT2D eigenvalue weighted by Crippen LogP contribution is -2.33. The molecule has 2 aromatic rings. The van der Waals surface area contributed by atoms with Gasteiger partial charge in [-0.1, -0.05) is 0 Å². The molecule has 23 heavy (non-hydrogen) atoms. The molecule has 7 nitrogen and oxygen atoms in total. The summed E-state index contributed by atoms with van der Waals surface area (Å²) in [4.78, 5) is 18.6. The van der Waals surface area contributed by atoms with Crippen LogP contribution in [0.5, 0.6) is 0 Å². The summed E-state index contributed by atoms with van der Waals surface area (Å²) in [5.74, 6) is 0.0129. The number of methoxy groups -OCH3 is 1. The second-order valence-corrected chi connectivity index (χ2v) is 6.07. The van der Waals surface area contributed by atoms with Crippen LogP contribution in [-0.2, 0) is 31.2 Å². The molecular weight excluding hydrogens is 294 g/mol. The maximum absolute atomic E-state index is 11.8. The summed E-state index contributed by atoms with van der Waals surface area (Å²) in [5.41, 5.74) is 5.64. The van der Waals surface area contributed by atoms with Gasteiger partial charge in [0.25, 0.3) is 0 Å². The highest BCUT2D eigenvalue weighted by atomic mass is 16.5. The number of hydrogen-bond donors (Lipinski definition) is 1. The molecule has 0 aromatic carbocycles. The van der Waals surface area contributed by atoms with Crippen LogP contribution in [0.3, 0.4) is 0 Å². The number of nitrogens with zero attached hydrogens (tertiary/aromatic N) is 4. The highest BCUT2D eigenvalue weighted by molar-refractivity contribution is 5.85. The van der Waals surface area contributed by atoms with Crippen molar-refractivity contribution in [3.8, 4) is 0 Å². The molecule has 3 heterocycles. The average molecular weight is 317 g/mol. The number of H-pyrrole nitrogens is 1. The molecule has 0 amide bonds. The van der Waals surface area contributed by atoms with Gasteiger partial charge in [-0.15, -0.1) is 0 Å². The minimum atomic E-state index is -0.377. The van der Waals surface area contributed by atoms with Gasteiger partial charge in [0, 0.05) is 44.5 Å². The minimum Gasteiger partial charge on any atom is -0.463 e. The SMILES string of the molecule is COC(=O)c1nc2c(n1C)CCN(CCc1c(C)n[nH]c1C)C2. The number of imidazole rings is 1. The Balaban J connectivity index is 1.70. The number of carbonyl (C=O) groups is 1. The van der Waals surface area contributed by atoms with E-state index >= 15 is 0 Å². The van der Waals surface area contributed by atoms with Crippen molar-refractivity contribution in [2.45, 2.75) is 33.2 Å². The molecule has 0 saturated carbocycles. The van der Waals surface area contributed by atoms with Gasteiger partial charge in [-0.05, 0) is 25.8 Å². The van der Waals surface area contributed by atoms with Gasteiger partial charge >= 0.3 is 5.97 Å². The van der Waals surface area contributed by atoms with Crippen LogP contribution in [0.15, 0.2) is 0 Å². The molecule has 0 unspecified atom stereocenters. The molecule has 124 valence electrons. The molecule has 0 bridgehead atoms. The Morgan fingerprint density at radius 2 is 2.17 bits per heavy atom. The maximum Gasteiger partial charge on any atom is 0.374 e. The number of nitrogens with one attached hydrogen (secondary N) is 1. The fourth-order valence-corrected chi connectivity index (χ4v) is 3.26. The number of aromatic nitrogens is 4. The standard InChI is InChI=1S/C16H23N5O2/c1-10-12(11(2)19-18-10)5-7-21-8-6-14-13(9-21)17-15(20(14)3)16(22)23-4/h5-9H2,1-4H3,(H,18,19). The lowest BCUT2D eigenvalue weighted by Gasteiger charge is -2.26. The van der Waals surface area contributed by atoms with E-state index in [2.05, 4.69) is 27.0 Å². The fourth-order valence-electron chi connectivity index (χ4n) is 3.26. The number of carbonyl (C=O) groups excluding carboxylic acids is 1. The smallest absolute Gasteiger partial charge is 0.374 e. The van der Waals surface area contributed by atoms with Crippen LogP contribution in [0.1, 0.15) is 39.0 Å². The van der Waals surface area contributed by atoms with Crippen molar-refractivity contribution in [2.75, 3.05) is 20.2 Å². The monoisotopic (exact) mass is 317 g/mol. The Bertz CT molecular complexity index is 712. The van der Waals surface area contributed by atoms with Gasteiger partial charge in [0.1, 0.15) is 0 Å². The van der Waals surface area contributed by atoms with E-state index in [0.29, 0.717) is 5.82 Å². The molecule has 0 radical (unpaired) electrons. The van der Waals surface area contributed by atoms with Gasteiger partial charge in [-0.2, -0.15) is 5.10 Å². The zero-order valence-electron chi connectivity index (χ0n) is 14.1. The summed E-state index contributed by atoms with van der Waals surface area (Å²) in [6, 6.07) is 0. The van der Waals surface area contributed by atoms with Crippen LogP contribution >= 0.6 is 0 Å². The predicted octanol–water partition coefficient (Wildman–Crippen LogP) is 1.15. The van der Waals surface area contributed by atoms with Crippen LogP contribution in [0.4, 0.5) is 0 Å². The third-order valence-corrected chi connectivity index (χ3v) is 4.66. The Kier molecular flexibility index (Phi) is 4.21. The van der Waals surface area contributed by atoms with Crippen molar-refractivity contribution in [3.63, 3.8) is 0 Å². The van der Waals surface area contributed by atoms with E-state index in [1.165, 1.54) is 12.7 Å². The lowest BCUT2D eigenvalue weighted by molar-refractivity contribution is 0.0582. The molecule has 0 saturated heterocycles. The molecule has 0 spiro atoms. The van der Waals surface area contributed by atoms with Crippen LogP contribution in [0, 0.1) is 13.8 Å². The van der Waals surface area contributed by atoms with Gasteiger partial charge in [0.15, 0.2) is 0 Å². The van der Waals surface area contributed by atoms with Crippen molar-refractivity contribution < 1.29 is 9.53 Å². The Morgan fingerprint density at radius 3 is 2.83 bits per heavy atom. The first-order valence-electron chi connectivity index (χ1n) is 7.86. The first kappa shape index (κ1) is 15.7. The van der Waals surface area contributed by atoms with Crippen molar-refractivity contribution in [1.29, 1.82) is 0 Å². The molecule has 1 aliphatic rings. The molecular formula is C16H23N5O2. The summed E-state index contributed by atoms with van der Waals surface area (Å²) in [5, 5.41) is 7.28. The van der Waals surface area contributed by atoms with Gasteiger partial charge in [-0.25, -0.2) is 9.78 Å². The van der Waals surface area contributed by atoms with E-state index in [0.717, 1.165) is 55.3 Å². The first-order chi connectivity index (χ1) is 11.0. The second kappa shape index (κ2) is 6.16. The molecule has 3 rings (SSSR count). The van der Waals surface area contributed by atoms with Gasteiger partial charge in [0.2, 0.25) is 5.82 Å². The molecule has 2 aromatic heterocycles. The zero-order valence-corrected chi connectivity index (χ0v) is 14.1. The van der Waals surface area contributed by atoms with E-state index in [1.807, 2.05) is 18.5 Å². The molecule has 7 heteroatoms. The Labute approximate surface area is 135 Å². The third-order valence-electron chi connectivity index (χ3n) is 4.66. The number of hydrogen-bond acceptors (Lipinski definition) is 5. The van der Waals surface area contributed by atoms with Crippen LogP contribution in [-0.4, -0.2) is 50.8 Å². The van der Waals surface area contributed by atoms with Gasteiger partial charge < -0.3 is 9.30 Å². The molecule has 1 aliphatic heterocycles. The fraction of sp³-hybridized carbons (Fsp3) is 0.562. The highest BCUT2D eigenvalue weighted by Gasteiger charge is 2.25. The van der Waals surface area contributed by atoms with E-state index in [9.17, 15) is 4.79 Å². The van der Waals surface area contributed by atoms with Gasteiger partial charge in [0.05, 0.1) is 18.5 Å².